The molecule has 0 saturated heterocycles. The lowest BCUT2D eigenvalue weighted by molar-refractivity contribution is -0.148. The molecule has 0 atom stereocenters. The molecule has 0 spiro atoms. The van der Waals surface area contributed by atoms with E-state index in [9.17, 15) is 13.2 Å². The first-order chi connectivity index (χ1) is 14.1. The maximum absolute atomic E-state index is 13.6. The van der Waals surface area contributed by atoms with E-state index in [0.29, 0.717) is 17.7 Å². The van der Waals surface area contributed by atoms with Crippen molar-refractivity contribution in [2.75, 3.05) is 26.1 Å². The van der Waals surface area contributed by atoms with Crippen LogP contribution in [-0.2, 0) is 29.5 Å². The Labute approximate surface area is 179 Å². The number of sulfone groups is 1. The number of carbonyl (C=O) groups is 1. The van der Waals surface area contributed by atoms with Crippen LogP contribution in [0.2, 0.25) is 0 Å². The van der Waals surface area contributed by atoms with Crippen molar-refractivity contribution in [3.05, 3.63) is 54.1 Å². The van der Waals surface area contributed by atoms with Crippen LogP contribution in [0.1, 0.15) is 39.2 Å². The van der Waals surface area contributed by atoms with Crippen LogP contribution in [0.4, 0.5) is 0 Å². The summed E-state index contributed by atoms with van der Waals surface area (Å²) in [6.45, 7) is 5.97. The monoisotopic (exact) mass is 430 g/mol. The summed E-state index contributed by atoms with van der Waals surface area (Å²) < 4.78 is 37.6. The van der Waals surface area contributed by atoms with Crippen molar-refractivity contribution in [3.63, 3.8) is 0 Å². The summed E-state index contributed by atoms with van der Waals surface area (Å²) in [4.78, 5) is 12.8. The third-order valence-corrected chi connectivity index (χ3v) is 7.81. The molecule has 0 radical (unpaired) electrons. The molecule has 2 aromatic rings. The molecule has 0 bridgehead atoms. The Kier molecular flexibility index (Phi) is 6.39. The summed E-state index contributed by atoms with van der Waals surface area (Å²) in [5.74, 6) is -0.337. The summed E-state index contributed by atoms with van der Waals surface area (Å²) >= 11 is 0. The van der Waals surface area contributed by atoms with Gasteiger partial charge in [0.1, 0.15) is 0 Å². The highest BCUT2D eigenvalue weighted by Gasteiger charge is 2.47. The Morgan fingerprint density at radius 1 is 1.10 bits per heavy atom. The van der Waals surface area contributed by atoms with Crippen molar-refractivity contribution in [2.45, 2.75) is 43.9 Å². The lowest BCUT2D eigenvalue weighted by Crippen LogP contribution is -2.31. The van der Waals surface area contributed by atoms with Crippen molar-refractivity contribution in [1.82, 2.24) is 0 Å². The topological polar surface area (TPSA) is 69.7 Å². The molecule has 0 amide bonds. The van der Waals surface area contributed by atoms with Gasteiger partial charge in [-0.1, -0.05) is 42.5 Å². The van der Waals surface area contributed by atoms with Gasteiger partial charge < -0.3 is 9.47 Å². The van der Waals surface area contributed by atoms with Crippen LogP contribution >= 0.6 is 0 Å². The van der Waals surface area contributed by atoms with Crippen LogP contribution in [0.3, 0.4) is 0 Å². The van der Waals surface area contributed by atoms with E-state index in [1.54, 1.807) is 40.0 Å². The molecule has 0 heterocycles. The van der Waals surface area contributed by atoms with Crippen molar-refractivity contribution in [1.29, 1.82) is 0 Å². The maximum Gasteiger partial charge on any atom is 0.315 e. The Bertz CT molecular complexity index is 1010. The van der Waals surface area contributed by atoms with Gasteiger partial charge in [-0.2, -0.15) is 0 Å². The van der Waals surface area contributed by atoms with E-state index < -0.39 is 15.3 Å². The van der Waals surface area contributed by atoms with Crippen molar-refractivity contribution in [2.24, 2.45) is 5.41 Å². The lowest BCUT2D eigenvalue weighted by Gasteiger charge is -2.25. The zero-order valence-electron chi connectivity index (χ0n) is 18.1. The number of carbonyl (C=O) groups excluding carboxylic acids is 1. The third-order valence-electron chi connectivity index (χ3n) is 5.81. The normalized spacial score (nSPS) is 15.6. The number of benzene rings is 2. The van der Waals surface area contributed by atoms with E-state index >= 15 is 0 Å². The number of hydrogen-bond donors (Lipinski definition) is 0. The number of methoxy groups -OCH3 is 1. The first-order valence-corrected chi connectivity index (χ1v) is 11.9. The second-order valence-electron chi connectivity index (χ2n) is 8.61. The van der Waals surface area contributed by atoms with Gasteiger partial charge in [0.2, 0.25) is 0 Å². The zero-order chi connectivity index (χ0) is 22.0. The molecule has 0 aliphatic heterocycles. The van der Waals surface area contributed by atoms with Gasteiger partial charge in [-0.25, -0.2) is 8.42 Å². The minimum absolute atomic E-state index is 0.0387. The van der Waals surface area contributed by atoms with E-state index in [2.05, 4.69) is 0 Å². The Hall–Kier alpha value is -2.18. The molecule has 1 aliphatic rings. The summed E-state index contributed by atoms with van der Waals surface area (Å²) in [5, 5.41) is 0. The number of ether oxygens (including phenoxy) is 2. The molecule has 1 aliphatic carbocycles. The molecule has 30 heavy (non-hydrogen) atoms. The standard InChI is InChI=1S/C24H30O5S/c1-5-29-22(25)23(2,3)19-11-12-20(18-9-7-6-8-10-18)21(15-19)30(26,27)17-24(13-14-24)16-28-4/h6-12,15H,5,13-14,16-17H2,1-4H3. The van der Waals surface area contributed by atoms with E-state index in [-0.39, 0.29) is 28.6 Å². The molecule has 1 saturated carbocycles. The van der Waals surface area contributed by atoms with Crippen LogP contribution in [0.15, 0.2) is 53.4 Å². The first-order valence-electron chi connectivity index (χ1n) is 10.2. The minimum atomic E-state index is -3.61. The van der Waals surface area contributed by atoms with Crippen LogP contribution in [0, 0.1) is 5.41 Å². The molecular weight excluding hydrogens is 400 g/mol. The van der Waals surface area contributed by atoms with Gasteiger partial charge in [0.05, 0.1) is 29.3 Å². The number of rotatable bonds is 9. The van der Waals surface area contributed by atoms with Gasteiger partial charge in [0.15, 0.2) is 9.84 Å². The SMILES string of the molecule is CCOC(=O)C(C)(C)c1ccc(-c2ccccc2)c(S(=O)(=O)CC2(COC)CC2)c1. The second kappa shape index (κ2) is 8.52. The molecule has 0 aromatic heterocycles. The predicted molar refractivity (Wildman–Crippen MR) is 117 cm³/mol. The smallest absolute Gasteiger partial charge is 0.315 e. The van der Waals surface area contributed by atoms with Gasteiger partial charge in [-0.15, -0.1) is 0 Å². The molecule has 0 N–H and O–H groups in total. The fraction of sp³-hybridized carbons (Fsp3) is 0.458. The van der Waals surface area contributed by atoms with Crippen LogP contribution in [0.5, 0.6) is 0 Å². The highest BCUT2D eigenvalue weighted by Crippen LogP contribution is 2.48. The van der Waals surface area contributed by atoms with E-state index in [4.69, 9.17) is 9.47 Å². The summed E-state index contributed by atoms with van der Waals surface area (Å²) in [5.41, 5.74) is 0.823. The van der Waals surface area contributed by atoms with Crippen molar-refractivity contribution < 1.29 is 22.7 Å². The molecule has 2 aromatic carbocycles. The van der Waals surface area contributed by atoms with Gasteiger partial charge in [-0.3, -0.25) is 4.79 Å². The maximum atomic E-state index is 13.6. The quantitative estimate of drug-likeness (QED) is 0.552. The van der Waals surface area contributed by atoms with Gasteiger partial charge in [0, 0.05) is 18.1 Å². The van der Waals surface area contributed by atoms with E-state index in [1.165, 1.54) is 0 Å². The fourth-order valence-electron chi connectivity index (χ4n) is 3.75. The number of hydrogen-bond acceptors (Lipinski definition) is 5. The summed E-state index contributed by atoms with van der Waals surface area (Å²) in [7, 11) is -2.01. The first kappa shape index (κ1) is 22.5. The lowest BCUT2D eigenvalue weighted by atomic mass is 9.84. The molecule has 3 rings (SSSR count). The van der Waals surface area contributed by atoms with Crippen molar-refractivity contribution >= 4 is 15.8 Å². The largest absolute Gasteiger partial charge is 0.465 e. The molecule has 1 fully saturated rings. The summed E-state index contributed by atoms with van der Waals surface area (Å²) in [6, 6.07) is 14.7. The Balaban J connectivity index is 2.11. The van der Waals surface area contributed by atoms with Gasteiger partial charge in [0.25, 0.3) is 0 Å². The van der Waals surface area contributed by atoms with Gasteiger partial charge in [-0.05, 0) is 50.8 Å². The summed E-state index contributed by atoms with van der Waals surface area (Å²) in [6.07, 6.45) is 1.68. The molecular formula is C24H30O5S. The van der Waals surface area contributed by atoms with Gasteiger partial charge >= 0.3 is 5.97 Å². The van der Waals surface area contributed by atoms with E-state index in [0.717, 1.165) is 18.4 Å². The molecule has 0 unspecified atom stereocenters. The second-order valence-corrected chi connectivity index (χ2v) is 10.6. The fourth-order valence-corrected chi connectivity index (χ4v) is 5.91. The molecule has 5 nitrogen and oxygen atoms in total. The van der Waals surface area contributed by atoms with Crippen LogP contribution in [-0.4, -0.2) is 40.5 Å². The Morgan fingerprint density at radius 3 is 2.33 bits per heavy atom. The molecule has 162 valence electrons. The average molecular weight is 431 g/mol. The highest BCUT2D eigenvalue weighted by atomic mass is 32.2. The highest BCUT2D eigenvalue weighted by molar-refractivity contribution is 7.91. The van der Waals surface area contributed by atoms with E-state index in [1.807, 2.05) is 36.4 Å². The molecule has 6 heteroatoms. The van der Waals surface area contributed by atoms with Crippen molar-refractivity contribution in [3.8, 4) is 11.1 Å². The zero-order valence-corrected chi connectivity index (χ0v) is 18.9. The average Bonchev–Trinajstić information content (AvgIpc) is 3.46. The third kappa shape index (κ3) is 4.60. The predicted octanol–water partition coefficient (Wildman–Crippen LogP) is 4.39. The Morgan fingerprint density at radius 2 is 1.77 bits per heavy atom. The van der Waals surface area contributed by atoms with Crippen LogP contribution < -0.4 is 0 Å². The van der Waals surface area contributed by atoms with Crippen LogP contribution in [0.25, 0.3) is 11.1 Å². The number of esters is 1. The minimum Gasteiger partial charge on any atom is -0.465 e.